The zero-order valence-electron chi connectivity index (χ0n) is 16.9. The fourth-order valence-electron chi connectivity index (χ4n) is 3.00. The van der Waals surface area contributed by atoms with Crippen molar-refractivity contribution in [2.24, 2.45) is 0 Å². The smallest absolute Gasteiger partial charge is 0.277 e. The van der Waals surface area contributed by atoms with Gasteiger partial charge in [0.25, 0.3) is 5.22 Å². The monoisotopic (exact) mass is 419 g/mol. The zero-order chi connectivity index (χ0) is 21.1. The molecule has 30 heavy (non-hydrogen) atoms. The normalized spacial score (nSPS) is 10.9. The second kappa shape index (κ2) is 8.50. The van der Waals surface area contributed by atoms with E-state index in [9.17, 15) is 0 Å². The Morgan fingerprint density at radius 1 is 0.967 bits per heavy atom. The minimum atomic E-state index is 0.151. The molecule has 0 bridgehead atoms. The molecule has 0 atom stereocenters. The van der Waals surface area contributed by atoms with Gasteiger partial charge in [0.1, 0.15) is 5.82 Å². The molecular weight excluding hydrogens is 398 g/mol. The Bertz CT molecular complexity index is 1170. The van der Waals surface area contributed by atoms with E-state index in [-0.39, 0.29) is 5.95 Å². The van der Waals surface area contributed by atoms with Crippen molar-refractivity contribution in [1.82, 2.24) is 25.1 Å². The fourth-order valence-corrected chi connectivity index (χ4v) is 3.62. The van der Waals surface area contributed by atoms with Crippen LogP contribution in [0.5, 0.6) is 0 Å². The van der Waals surface area contributed by atoms with E-state index in [0.717, 1.165) is 27.9 Å². The first kappa shape index (κ1) is 19.8. The lowest BCUT2D eigenvalue weighted by Crippen LogP contribution is -2.07. The highest BCUT2D eigenvalue weighted by molar-refractivity contribution is 7.98. The summed E-state index contributed by atoms with van der Waals surface area (Å²) in [4.78, 5) is 12.8. The maximum Gasteiger partial charge on any atom is 0.277 e. The van der Waals surface area contributed by atoms with Crippen LogP contribution in [0.2, 0.25) is 0 Å². The maximum absolute atomic E-state index is 5.87. The van der Waals surface area contributed by atoms with Crippen LogP contribution in [0.25, 0.3) is 11.5 Å². The molecule has 3 N–H and O–H groups in total. The van der Waals surface area contributed by atoms with E-state index in [1.807, 2.05) is 57.2 Å². The summed E-state index contributed by atoms with van der Waals surface area (Å²) < 4.78 is 5.80. The number of nitrogens with one attached hydrogen (secondary N) is 1. The van der Waals surface area contributed by atoms with Crippen LogP contribution in [0.4, 0.5) is 17.6 Å². The van der Waals surface area contributed by atoms with Gasteiger partial charge in [0.2, 0.25) is 17.8 Å². The SMILES string of the molecule is Cc1cc(C)cc(-c2nnc(SCc3nc(N)nc(Nc4ccccc4C)n3)o2)c1. The van der Waals surface area contributed by atoms with Crippen molar-refractivity contribution in [3.8, 4) is 11.5 Å². The quantitative estimate of drug-likeness (QED) is 0.437. The van der Waals surface area contributed by atoms with Gasteiger partial charge >= 0.3 is 0 Å². The lowest BCUT2D eigenvalue weighted by atomic mass is 10.1. The largest absolute Gasteiger partial charge is 0.411 e. The van der Waals surface area contributed by atoms with Crippen molar-refractivity contribution in [2.45, 2.75) is 31.7 Å². The lowest BCUT2D eigenvalue weighted by molar-refractivity contribution is 0.465. The predicted octanol–water partition coefficient (Wildman–Crippen LogP) is 4.46. The second-order valence-corrected chi connectivity index (χ2v) is 7.84. The number of aryl methyl sites for hydroxylation is 3. The number of nitrogen functional groups attached to an aromatic ring is 1. The summed E-state index contributed by atoms with van der Waals surface area (Å²) in [6.07, 6.45) is 0. The van der Waals surface area contributed by atoms with Crippen molar-refractivity contribution < 1.29 is 4.42 Å². The van der Waals surface area contributed by atoms with Gasteiger partial charge in [0.05, 0.1) is 5.75 Å². The Kier molecular flexibility index (Phi) is 5.62. The predicted molar refractivity (Wildman–Crippen MR) is 117 cm³/mol. The molecular formula is C21H21N7OS. The first-order valence-corrected chi connectivity index (χ1v) is 10.3. The number of hydrogen-bond donors (Lipinski definition) is 2. The molecule has 2 aromatic carbocycles. The average molecular weight is 420 g/mol. The molecule has 9 heteroatoms. The minimum absolute atomic E-state index is 0.151. The third-order valence-corrected chi connectivity index (χ3v) is 5.10. The van der Waals surface area contributed by atoms with Crippen molar-refractivity contribution in [2.75, 3.05) is 11.1 Å². The van der Waals surface area contributed by atoms with E-state index < -0.39 is 0 Å². The zero-order valence-corrected chi connectivity index (χ0v) is 17.7. The summed E-state index contributed by atoms with van der Waals surface area (Å²) in [5.74, 6) is 1.98. The highest BCUT2D eigenvalue weighted by Gasteiger charge is 2.12. The van der Waals surface area contributed by atoms with Gasteiger partial charge in [-0.1, -0.05) is 47.2 Å². The summed E-state index contributed by atoms with van der Waals surface area (Å²) in [6.45, 7) is 6.08. The Balaban J connectivity index is 1.47. The van der Waals surface area contributed by atoms with Crippen LogP contribution in [0, 0.1) is 20.8 Å². The molecule has 0 aliphatic heterocycles. The number of thioether (sulfide) groups is 1. The second-order valence-electron chi connectivity index (χ2n) is 6.91. The Morgan fingerprint density at radius 3 is 2.50 bits per heavy atom. The molecule has 0 aliphatic rings. The number of benzene rings is 2. The van der Waals surface area contributed by atoms with E-state index in [0.29, 0.717) is 28.6 Å². The van der Waals surface area contributed by atoms with Crippen LogP contribution in [-0.4, -0.2) is 25.1 Å². The summed E-state index contributed by atoms with van der Waals surface area (Å²) in [7, 11) is 0. The first-order valence-electron chi connectivity index (χ1n) is 9.34. The van der Waals surface area contributed by atoms with E-state index in [4.69, 9.17) is 10.2 Å². The molecule has 0 saturated carbocycles. The Morgan fingerprint density at radius 2 is 1.73 bits per heavy atom. The molecule has 0 amide bonds. The van der Waals surface area contributed by atoms with Crippen molar-refractivity contribution in [3.05, 3.63) is 65.0 Å². The van der Waals surface area contributed by atoms with Gasteiger partial charge < -0.3 is 15.5 Å². The standard InChI is InChI=1S/C21H21N7OS/c1-12-8-13(2)10-15(9-12)18-27-28-21(29-18)30-11-17-24-19(22)26-20(25-17)23-16-7-5-4-6-14(16)3/h4-10H,11H2,1-3H3,(H3,22,23,24,25,26). The van der Waals surface area contributed by atoms with Gasteiger partial charge in [-0.3, -0.25) is 0 Å². The van der Waals surface area contributed by atoms with Crippen LogP contribution in [-0.2, 0) is 5.75 Å². The molecule has 8 nitrogen and oxygen atoms in total. The van der Waals surface area contributed by atoms with Gasteiger partial charge in [-0.15, -0.1) is 10.2 Å². The fraction of sp³-hybridized carbons (Fsp3) is 0.190. The summed E-state index contributed by atoms with van der Waals surface area (Å²) in [6, 6.07) is 14.0. The van der Waals surface area contributed by atoms with Gasteiger partial charge in [-0.05, 0) is 44.5 Å². The Hall–Kier alpha value is -3.46. The van der Waals surface area contributed by atoms with Gasteiger partial charge in [-0.2, -0.15) is 15.0 Å². The number of aromatic nitrogens is 5. The van der Waals surface area contributed by atoms with Gasteiger partial charge in [0.15, 0.2) is 0 Å². The van der Waals surface area contributed by atoms with Gasteiger partial charge in [-0.25, -0.2) is 0 Å². The molecule has 2 aromatic heterocycles. The number of rotatable bonds is 6. The highest BCUT2D eigenvalue weighted by atomic mass is 32.2. The first-order chi connectivity index (χ1) is 14.5. The Labute approximate surface area is 178 Å². The average Bonchev–Trinajstić information content (AvgIpc) is 3.16. The van der Waals surface area contributed by atoms with Crippen LogP contribution >= 0.6 is 11.8 Å². The van der Waals surface area contributed by atoms with E-state index >= 15 is 0 Å². The third-order valence-electron chi connectivity index (χ3n) is 4.29. The molecule has 0 spiro atoms. The van der Waals surface area contributed by atoms with E-state index in [2.05, 4.69) is 36.5 Å². The van der Waals surface area contributed by atoms with Crippen LogP contribution in [0.15, 0.2) is 52.1 Å². The van der Waals surface area contributed by atoms with Gasteiger partial charge in [0, 0.05) is 11.3 Å². The topological polar surface area (TPSA) is 116 Å². The molecule has 0 saturated heterocycles. The van der Waals surface area contributed by atoms with Crippen LogP contribution < -0.4 is 11.1 Å². The molecule has 4 aromatic rings. The number of hydrogen-bond acceptors (Lipinski definition) is 9. The summed E-state index contributed by atoms with van der Waals surface area (Å²) in [5.41, 5.74) is 11.1. The molecule has 0 radical (unpaired) electrons. The third kappa shape index (κ3) is 4.74. The molecule has 0 unspecified atom stereocenters. The number of para-hydroxylation sites is 1. The number of nitrogens with zero attached hydrogens (tertiary/aromatic N) is 5. The maximum atomic E-state index is 5.87. The number of anilines is 3. The summed E-state index contributed by atoms with van der Waals surface area (Å²) >= 11 is 1.35. The van der Waals surface area contributed by atoms with Crippen LogP contribution in [0.1, 0.15) is 22.5 Å². The van der Waals surface area contributed by atoms with Crippen molar-refractivity contribution >= 4 is 29.3 Å². The molecule has 4 rings (SSSR count). The molecule has 0 fully saturated rings. The molecule has 0 aliphatic carbocycles. The summed E-state index contributed by atoms with van der Waals surface area (Å²) in [5, 5.41) is 11.9. The van der Waals surface area contributed by atoms with E-state index in [1.165, 1.54) is 11.8 Å². The van der Waals surface area contributed by atoms with Crippen LogP contribution in [0.3, 0.4) is 0 Å². The molecule has 152 valence electrons. The van der Waals surface area contributed by atoms with E-state index in [1.54, 1.807) is 0 Å². The highest BCUT2D eigenvalue weighted by Crippen LogP contribution is 2.27. The molecule has 2 heterocycles. The minimum Gasteiger partial charge on any atom is -0.411 e. The van der Waals surface area contributed by atoms with Crippen molar-refractivity contribution in [3.63, 3.8) is 0 Å². The van der Waals surface area contributed by atoms with Crippen molar-refractivity contribution in [1.29, 1.82) is 0 Å². The number of nitrogens with two attached hydrogens (primary N) is 1. The lowest BCUT2D eigenvalue weighted by Gasteiger charge is -2.09.